The van der Waals surface area contributed by atoms with E-state index in [2.05, 4.69) is 0 Å². The number of nitro benzene ring substituents is 1. The number of benzene rings is 2. The number of rotatable bonds is 3. The second-order valence-corrected chi connectivity index (χ2v) is 5.05. The fourth-order valence-corrected chi connectivity index (χ4v) is 2.49. The van der Waals surface area contributed by atoms with Gasteiger partial charge in [0.15, 0.2) is 6.20 Å². The third-order valence-electron chi connectivity index (χ3n) is 3.61. The maximum Gasteiger partial charge on any atom is 0.312 e. The summed E-state index contributed by atoms with van der Waals surface area (Å²) in [4.78, 5) is 10.5. The van der Waals surface area contributed by atoms with E-state index < -0.39 is 22.1 Å². The van der Waals surface area contributed by atoms with Crippen LogP contribution in [0.2, 0.25) is 0 Å². The normalized spacial score (nSPS) is 10.5. The Labute approximate surface area is 136 Å². The molecule has 0 aliphatic heterocycles. The first kappa shape index (κ1) is 15.3. The van der Waals surface area contributed by atoms with E-state index >= 15 is 0 Å². The minimum Gasteiger partial charge on any atom is -0.618 e. The lowest BCUT2D eigenvalue weighted by Gasteiger charge is -2.12. The van der Waals surface area contributed by atoms with Gasteiger partial charge in [-0.2, -0.15) is 4.73 Å². The Morgan fingerprint density at radius 1 is 0.958 bits per heavy atom. The largest absolute Gasteiger partial charge is 0.618 e. The second-order valence-electron chi connectivity index (χ2n) is 5.05. The zero-order valence-electron chi connectivity index (χ0n) is 12.3. The molecule has 7 heteroatoms. The standard InChI is InChI=1S/C17H12N2O5/c20-16-12(11-6-2-1-3-7-11)10-14(19(23)24)17(21)15(16)13-8-4-5-9-18(13)22/h1-10,20-21H. The van der Waals surface area contributed by atoms with Crippen molar-refractivity contribution in [3.05, 3.63) is 76.1 Å². The van der Waals surface area contributed by atoms with Gasteiger partial charge in [0.25, 0.3) is 0 Å². The molecule has 120 valence electrons. The van der Waals surface area contributed by atoms with E-state index in [0.717, 1.165) is 6.07 Å². The molecule has 3 aromatic rings. The van der Waals surface area contributed by atoms with Gasteiger partial charge in [-0.15, -0.1) is 0 Å². The summed E-state index contributed by atoms with van der Waals surface area (Å²) in [5.41, 5.74) is -0.288. The Balaban J connectivity index is 2.39. The van der Waals surface area contributed by atoms with Crippen LogP contribution in [0, 0.1) is 15.3 Å². The summed E-state index contributed by atoms with van der Waals surface area (Å²) in [7, 11) is 0. The summed E-state index contributed by atoms with van der Waals surface area (Å²) in [6.07, 6.45) is 1.18. The molecule has 0 radical (unpaired) electrons. The van der Waals surface area contributed by atoms with E-state index in [1.165, 1.54) is 24.4 Å². The molecule has 0 aliphatic carbocycles. The summed E-state index contributed by atoms with van der Waals surface area (Å²) in [5, 5.41) is 44.0. The highest BCUT2D eigenvalue weighted by Gasteiger charge is 2.29. The summed E-state index contributed by atoms with van der Waals surface area (Å²) in [5.74, 6) is -1.16. The minimum atomic E-state index is -0.761. The average Bonchev–Trinajstić information content (AvgIpc) is 2.57. The highest BCUT2D eigenvalue weighted by atomic mass is 16.6. The van der Waals surface area contributed by atoms with E-state index in [1.807, 2.05) is 0 Å². The van der Waals surface area contributed by atoms with Crippen LogP contribution in [0.5, 0.6) is 11.5 Å². The van der Waals surface area contributed by atoms with Crippen LogP contribution >= 0.6 is 0 Å². The molecule has 2 N–H and O–H groups in total. The molecule has 0 unspecified atom stereocenters. The Kier molecular flexibility index (Phi) is 3.75. The minimum absolute atomic E-state index is 0.0895. The molecule has 7 nitrogen and oxygen atoms in total. The number of nitrogens with zero attached hydrogens (tertiary/aromatic N) is 2. The number of aromatic nitrogens is 1. The van der Waals surface area contributed by atoms with Crippen molar-refractivity contribution in [1.29, 1.82) is 0 Å². The monoisotopic (exact) mass is 324 g/mol. The Bertz CT molecular complexity index is 926. The van der Waals surface area contributed by atoms with Gasteiger partial charge in [-0.25, -0.2) is 0 Å². The van der Waals surface area contributed by atoms with Gasteiger partial charge in [0.2, 0.25) is 11.4 Å². The van der Waals surface area contributed by atoms with Crippen molar-refractivity contribution in [2.24, 2.45) is 0 Å². The Hall–Kier alpha value is -3.61. The van der Waals surface area contributed by atoms with Crippen LogP contribution in [0.1, 0.15) is 0 Å². The van der Waals surface area contributed by atoms with Crippen molar-refractivity contribution < 1.29 is 19.9 Å². The van der Waals surface area contributed by atoms with Crippen LogP contribution < -0.4 is 4.73 Å². The SMILES string of the molecule is O=[N+]([O-])c1cc(-c2ccccc2)c(O)c(-c2cccc[n+]2[O-])c1O. The molecule has 0 saturated heterocycles. The lowest BCUT2D eigenvalue weighted by molar-refractivity contribution is -0.593. The van der Waals surface area contributed by atoms with Crippen molar-refractivity contribution in [1.82, 2.24) is 0 Å². The predicted octanol–water partition coefficient (Wildman–Crippen LogP) is 2.97. The smallest absolute Gasteiger partial charge is 0.312 e. The summed E-state index contributed by atoms with van der Waals surface area (Å²) >= 11 is 0. The van der Waals surface area contributed by atoms with Gasteiger partial charge >= 0.3 is 5.69 Å². The lowest BCUT2D eigenvalue weighted by atomic mass is 9.97. The average molecular weight is 324 g/mol. The van der Waals surface area contributed by atoms with E-state index in [1.54, 1.807) is 30.3 Å². The third-order valence-corrected chi connectivity index (χ3v) is 3.61. The summed E-state index contributed by atoms with van der Waals surface area (Å²) < 4.78 is 0.424. The lowest BCUT2D eigenvalue weighted by Crippen LogP contribution is -2.28. The van der Waals surface area contributed by atoms with Gasteiger partial charge in [0, 0.05) is 23.8 Å². The number of phenolic OH excluding ortho intramolecular Hbond substituents is 2. The summed E-state index contributed by atoms with van der Waals surface area (Å²) in [6.45, 7) is 0. The van der Waals surface area contributed by atoms with E-state index in [0.29, 0.717) is 10.3 Å². The van der Waals surface area contributed by atoms with Gasteiger partial charge in [-0.1, -0.05) is 30.3 Å². The molecule has 1 heterocycles. The van der Waals surface area contributed by atoms with Crippen LogP contribution in [-0.4, -0.2) is 15.1 Å². The number of aromatic hydroxyl groups is 2. The third kappa shape index (κ3) is 2.48. The first-order valence-corrected chi connectivity index (χ1v) is 6.98. The van der Waals surface area contributed by atoms with Gasteiger partial charge in [0.1, 0.15) is 11.3 Å². The van der Waals surface area contributed by atoms with Gasteiger partial charge < -0.3 is 15.4 Å². The molecular weight excluding hydrogens is 312 g/mol. The van der Waals surface area contributed by atoms with Crippen LogP contribution in [0.25, 0.3) is 22.4 Å². The molecule has 2 aromatic carbocycles. The maximum absolute atomic E-state index is 12.0. The molecule has 3 rings (SSSR count). The second kappa shape index (κ2) is 5.88. The molecular formula is C17H12N2O5. The molecule has 0 fully saturated rings. The zero-order valence-corrected chi connectivity index (χ0v) is 12.3. The summed E-state index contributed by atoms with van der Waals surface area (Å²) in [6, 6.07) is 14.0. The fraction of sp³-hybridized carbons (Fsp3) is 0. The Morgan fingerprint density at radius 2 is 1.62 bits per heavy atom. The highest BCUT2D eigenvalue weighted by molar-refractivity contribution is 5.87. The first-order valence-electron chi connectivity index (χ1n) is 6.98. The van der Waals surface area contributed by atoms with Crippen molar-refractivity contribution in [3.8, 4) is 33.9 Å². The molecule has 24 heavy (non-hydrogen) atoms. The van der Waals surface area contributed by atoms with Crippen LogP contribution in [-0.2, 0) is 0 Å². The van der Waals surface area contributed by atoms with E-state index in [9.17, 15) is 25.5 Å². The van der Waals surface area contributed by atoms with E-state index in [-0.39, 0.29) is 16.8 Å². The number of hydrogen-bond acceptors (Lipinski definition) is 5. The van der Waals surface area contributed by atoms with Gasteiger partial charge in [-0.3, -0.25) is 10.1 Å². The number of hydrogen-bond donors (Lipinski definition) is 2. The highest BCUT2D eigenvalue weighted by Crippen LogP contribution is 2.47. The van der Waals surface area contributed by atoms with Crippen LogP contribution in [0.3, 0.4) is 0 Å². The fourth-order valence-electron chi connectivity index (χ4n) is 2.49. The number of phenols is 2. The molecule has 0 amide bonds. The van der Waals surface area contributed by atoms with Crippen LogP contribution in [0.4, 0.5) is 5.69 Å². The topological polar surface area (TPSA) is 111 Å². The van der Waals surface area contributed by atoms with E-state index in [4.69, 9.17) is 0 Å². The molecule has 1 aromatic heterocycles. The van der Waals surface area contributed by atoms with Crippen LogP contribution in [0.15, 0.2) is 60.8 Å². The zero-order chi connectivity index (χ0) is 17.3. The predicted molar refractivity (Wildman–Crippen MR) is 86.3 cm³/mol. The molecule has 0 spiro atoms. The van der Waals surface area contributed by atoms with Gasteiger partial charge in [0.05, 0.1) is 4.92 Å². The quantitative estimate of drug-likeness (QED) is 0.333. The maximum atomic E-state index is 12.0. The van der Waals surface area contributed by atoms with Gasteiger partial charge in [-0.05, 0) is 11.6 Å². The van der Waals surface area contributed by atoms with Crippen molar-refractivity contribution in [3.63, 3.8) is 0 Å². The number of nitro groups is 1. The molecule has 0 bridgehead atoms. The van der Waals surface area contributed by atoms with Crippen molar-refractivity contribution in [2.75, 3.05) is 0 Å². The number of pyridine rings is 1. The molecule has 0 saturated carbocycles. The first-order chi connectivity index (χ1) is 11.5. The molecule has 0 aliphatic rings. The van der Waals surface area contributed by atoms with Crippen molar-refractivity contribution >= 4 is 5.69 Å². The molecule has 0 atom stereocenters. The van der Waals surface area contributed by atoms with Crippen molar-refractivity contribution in [2.45, 2.75) is 0 Å². The Morgan fingerprint density at radius 3 is 2.25 bits per heavy atom.